The average molecular weight is 291 g/mol. The Labute approximate surface area is 120 Å². The number of nitrogens with one attached hydrogen (secondary N) is 1. The minimum Gasteiger partial charge on any atom is -0.353 e. The van der Waals surface area contributed by atoms with Crippen LogP contribution in [0, 0.1) is 6.92 Å². The Hall–Kier alpha value is -1.25. The summed E-state index contributed by atoms with van der Waals surface area (Å²) < 4.78 is 0. The first kappa shape index (κ1) is 14.2. The zero-order chi connectivity index (χ0) is 14.0. The standard InChI is InChI=1S/C14H18N3PS/c1-5-8(2)6-9(3)12-13(17-18)16-14-11(15-12)7-10(4)19-14/h6-7H,3,5,18H2,1-2,4H3,(H,16,17)/b8-6+. The molecule has 0 fully saturated rings. The number of allylic oxidation sites excluding steroid dienone is 3. The van der Waals surface area contributed by atoms with Crippen molar-refractivity contribution in [3.05, 3.63) is 34.9 Å². The first-order chi connectivity index (χ1) is 9.05. The van der Waals surface area contributed by atoms with E-state index < -0.39 is 0 Å². The predicted molar refractivity (Wildman–Crippen MR) is 88.6 cm³/mol. The van der Waals surface area contributed by atoms with Gasteiger partial charge in [0.05, 0.1) is 0 Å². The summed E-state index contributed by atoms with van der Waals surface area (Å²) in [5, 5.41) is 3.03. The fourth-order valence-electron chi connectivity index (χ4n) is 1.77. The Kier molecular flexibility index (Phi) is 4.33. The molecule has 0 saturated carbocycles. The fraction of sp³-hybridized carbons (Fsp3) is 0.286. The highest BCUT2D eigenvalue weighted by atomic mass is 32.1. The SMILES string of the molecule is C=C(/C=C(\C)CC)c1nc2cc(C)sc2nc1NP. The van der Waals surface area contributed by atoms with E-state index in [-0.39, 0.29) is 0 Å². The van der Waals surface area contributed by atoms with Crippen LogP contribution in [0.1, 0.15) is 30.8 Å². The minimum atomic E-state index is 0.754. The van der Waals surface area contributed by atoms with Gasteiger partial charge in [-0.3, -0.25) is 0 Å². The van der Waals surface area contributed by atoms with Crippen LogP contribution in [-0.2, 0) is 0 Å². The molecule has 19 heavy (non-hydrogen) atoms. The molecule has 0 bridgehead atoms. The number of hydrogen-bond acceptors (Lipinski definition) is 4. The van der Waals surface area contributed by atoms with Crippen LogP contribution in [0.25, 0.3) is 15.9 Å². The van der Waals surface area contributed by atoms with Gasteiger partial charge in [0.15, 0.2) is 5.82 Å². The van der Waals surface area contributed by atoms with Crippen LogP contribution in [0.15, 0.2) is 24.3 Å². The Balaban J connectivity index is 2.54. The second kappa shape index (κ2) is 5.81. The molecule has 0 aliphatic carbocycles. The Morgan fingerprint density at radius 3 is 2.89 bits per heavy atom. The van der Waals surface area contributed by atoms with Crippen molar-refractivity contribution < 1.29 is 0 Å². The van der Waals surface area contributed by atoms with Gasteiger partial charge in [0.25, 0.3) is 0 Å². The monoisotopic (exact) mass is 291 g/mol. The normalized spacial score (nSPS) is 11.9. The van der Waals surface area contributed by atoms with E-state index in [2.05, 4.69) is 63.9 Å². The van der Waals surface area contributed by atoms with Crippen LogP contribution >= 0.6 is 20.7 Å². The zero-order valence-corrected chi connectivity index (χ0v) is 13.4. The van der Waals surface area contributed by atoms with Gasteiger partial charge in [-0.2, -0.15) is 0 Å². The Morgan fingerprint density at radius 2 is 2.26 bits per heavy atom. The van der Waals surface area contributed by atoms with Crippen molar-refractivity contribution in [1.82, 2.24) is 9.97 Å². The molecule has 1 unspecified atom stereocenters. The molecule has 5 heteroatoms. The van der Waals surface area contributed by atoms with Gasteiger partial charge in [-0.25, -0.2) is 9.97 Å². The molecule has 100 valence electrons. The summed E-state index contributed by atoms with van der Waals surface area (Å²) >= 11 is 1.65. The lowest BCUT2D eigenvalue weighted by molar-refractivity contribution is 1.10. The second-order valence-corrected chi connectivity index (χ2v) is 6.01. The topological polar surface area (TPSA) is 37.8 Å². The van der Waals surface area contributed by atoms with Crippen molar-refractivity contribution in [3.63, 3.8) is 0 Å². The largest absolute Gasteiger partial charge is 0.353 e. The van der Waals surface area contributed by atoms with Gasteiger partial charge >= 0.3 is 0 Å². The molecule has 0 amide bonds. The van der Waals surface area contributed by atoms with Gasteiger partial charge in [-0.05, 0) is 41.3 Å². The molecule has 0 aromatic carbocycles. The molecule has 2 aromatic heterocycles. The number of anilines is 1. The molecule has 0 saturated heterocycles. The first-order valence-corrected chi connectivity index (χ1v) is 7.55. The maximum absolute atomic E-state index is 4.68. The quantitative estimate of drug-likeness (QED) is 0.662. The summed E-state index contributed by atoms with van der Waals surface area (Å²) in [4.78, 5) is 11.5. The van der Waals surface area contributed by atoms with Gasteiger partial charge in [0.2, 0.25) is 0 Å². The van der Waals surface area contributed by atoms with Crippen molar-refractivity contribution in [3.8, 4) is 0 Å². The number of thiophene rings is 1. The maximum atomic E-state index is 4.68. The van der Waals surface area contributed by atoms with Crippen molar-refractivity contribution in [1.29, 1.82) is 0 Å². The Morgan fingerprint density at radius 1 is 1.53 bits per heavy atom. The van der Waals surface area contributed by atoms with Crippen LogP contribution in [0.3, 0.4) is 0 Å². The molecule has 3 nitrogen and oxygen atoms in total. The van der Waals surface area contributed by atoms with E-state index in [1.54, 1.807) is 11.3 Å². The predicted octanol–water partition coefficient (Wildman–Crippen LogP) is 4.57. The molecule has 0 radical (unpaired) electrons. The number of nitrogens with zero attached hydrogens (tertiary/aromatic N) is 2. The fourth-order valence-corrected chi connectivity index (χ4v) is 2.79. The van der Waals surface area contributed by atoms with Crippen LogP contribution in [0.2, 0.25) is 0 Å². The average Bonchev–Trinajstić information content (AvgIpc) is 2.75. The lowest BCUT2D eigenvalue weighted by atomic mass is 10.1. The summed E-state index contributed by atoms with van der Waals surface area (Å²) in [5.74, 6) is 0.754. The molecule has 2 aromatic rings. The van der Waals surface area contributed by atoms with Gasteiger partial charge in [0.1, 0.15) is 16.0 Å². The number of rotatable bonds is 4. The van der Waals surface area contributed by atoms with E-state index >= 15 is 0 Å². The molecule has 0 spiro atoms. The summed E-state index contributed by atoms with van der Waals surface area (Å²) in [6.07, 6.45) is 3.08. The molecule has 0 aliphatic rings. The minimum absolute atomic E-state index is 0.754. The van der Waals surface area contributed by atoms with Gasteiger partial charge in [-0.15, -0.1) is 11.3 Å². The highest BCUT2D eigenvalue weighted by Gasteiger charge is 2.11. The van der Waals surface area contributed by atoms with E-state index in [0.29, 0.717) is 0 Å². The number of hydrogen-bond donors (Lipinski definition) is 1. The van der Waals surface area contributed by atoms with Gasteiger partial charge in [-0.1, -0.05) is 25.2 Å². The van der Waals surface area contributed by atoms with Crippen molar-refractivity contribution in [2.24, 2.45) is 0 Å². The number of aryl methyl sites for hydroxylation is 1. The summed E-state index contributed by atoms with van der Waals surface area (Å²) in [7, 11) is 2.48. The van der Waals surface area contributed by atoms with E-state index in [1.807, 2.05) is 0 Å². The smallest absolute Gasteiger partial charge is 0.157 e. The highest BCUT2D eigenvalue weighted by molar-refractivity contribution is 7.19. The molecule has 1 atom stereocenters. The van der Waals surface area contributed by atoms with Gasteiger partial charge in [0, 0.05) is 4.88 Å². The number of fused-ring (bicyclic) bond motifs is 1. The molecular formula is C14H18N3PS. The Bertz CT molecular complexity index is 658. The third-order valence-corrected chi connectivity index (χ3v) is 4.11. The summed E-state index contributed by atoms with van der Waals surface area (Å²) in [6.45, 7) is 10.4. The van der Waals surface area contributed by atoms with Gasteiger partial charge < -0.3 is 5.09 Å². The van der Waals surface area contributed by atoms with Crippen LogP contribution < -0.4 is 5.09 Å². The molecule has 2 rings (SSSR count). The number of aromatic nitrogens is 2. The molecule has 2 heterocycles. The summed E-state index contributed by atoms with van der Waals surface area (Å²) in [5.41, 5.74) is 3.92. The van der Waals surface area contributed by atoms with E-state index in [4.69, 9.17) is 0 Å². The third kappa shape index (κ3) is 3.02. The van der Waals surface area contributed by atoms with Crippen molar-refractivity contribution in [2.45, 2.75) is 27.2 Å². The van der Waals surface area contributed by atoms with Crippen LogP contribution in [-0.4, -0.2) is 9.97 Å². The first-order valence-electron chi connectivity index (χ1n) is 6.16. The lowest BCUT2D eigenvalue weighted by Gasteiger charge is -2.08. The third-order valence-electron chi connectivity index (χ3n) is 2.91. The maximum Gasteiger partial charge on any atom is 0.157 e. The van der Waals surface area contributed by atoms with Crippen LogP contribution in [0.5, 0.6) is 0 Å². The van der Waals surface area contributed by atoms with Crippen molar-refractivity contribution in [2.75, 3.05) is 5.09 Å². The van der Waals surface area contributed by atoms with E-state index in [9.17, 15) is 0 Å². The van der Waals surface area contributed by atoms with Crippen molar-refractivity contribution >= 4 is 42.5 Å². The molecule has 1 N–H and O–H groups in total. The van der Waals surface area contributed by atoms with Crippen LogP contribution in [0.4, 0.5) is 5.82 Å². The molecular weight excluding hydrogens is 273 g/mol. The highest BCUT2D eigenvalue weighted by Crippen LogP contribution is 2.29. The molecule has 0 aliphatic heterocycles. The second-order valence-electron chi connectivity index (χ2n) is 4.48. The summed E-state index contributed by atoms with van der Waals surface area (Å²) in [6, 6.07) is 2.06. The lowest BCUT2D eigenvalue weighted by Crippen LogP contribution is -1.96. The van der Waals surface area contributed by atoms with E-state index in [0.717, 1.165) is 33.9 Å². The van der Waals surface area contributed by atoms with E-state index in [1.165, 1.54) is 10.5 Å². The zero-order valence-electron chi connectivity index (χ0n) is 11.4.